The molecule has 1 N–H and O–H groups in total. The first-order chi connectivity index (χ1) is 12.0. The van der Waals surface area contributed by atoms with E-state index >= 15 is 0 Å². The number of thiazole rings is 1. The summed E-state index contributed by atoms with van der Waals surface area (Å²) >= 11 is 13.8. The third-order valence-corrected chi connectivity index (χ3v) is 7.41. The Balaban J connectivity index is 1.60. The number of carbonyl (C=O) groups excluding carboxylic acids is 1. The molecule has 3 nitrogen and oxygen atoms in total. The van der Waals surface area contributed by atoms with Gasteiger partial charge < -0.3 is 0 Å². The number of hydrogen-bond acceptors (Lipinski definition) is 5. The van der Waals surface area contributed by atoms with Crippen molar-refractivity contribution < 1.29 is 9.18 Å². The van der Waals surface area contributed by atoms with Crippen molar-refractivity contribution in [2.75, 3.05) is 5.32 Å². The van der Waals surface area contributed by atoms with Crippen molar-refractivity contribution in [3.05, 3.63) is 55.2 Å². The number of halogens is 3. The number of fused-ring (bicyclic) bond motifs is 1. The SMILES string of the molecule is O=C(Nc1nc(-c2ccc(Br)s2)cs1)c1sc2cc(F)ccc2c1Cl. The minimum Gasteiger partial charge on any atom is -0.297 e. The normalized spacial score (nSPS) is 11.2. The van der Waals surface area contributed by atoms with E-state index < -0.39 is 0 Å². The highest BCUT2D eigenvalue weighted by Gasteiger charge is 2.19. The molecular weight excluding hydrogens is 467 g/mol. The topological polar surface area (TPSA) is 42.0 Å². The van der Waals surface area contributed by atoms with Crippen molar-refractivity contribution in [3.8, 4) is 10.6 Å². The van der Waals surface area contributed by atoms with Gasteiger partial charge in [0.25, 0.3) is 5.91 Å². The molecule has 25 heavy (non-hydrogen) atoms. The molecule has 0 fully saturated rings. The molecule has 3 aromatic heterocycles. The van der Waals surface area contributed by atoms with Gasteiger partial charge in [0, 0.05) is 15.5 Å². The lowest BCUT2D eigenvalue weighted by atomic mass is 10.2. The number of anilines is 1. The molecule has 1 aromatic carbocycles. The second-order valence-electron chi connectivity index (χ2n) is 4.98. The number of benzene rings is 1. The maximum atomic E-state index is 13.3. The summed E-state index contributed by atoms with van der Waals surface area (Å²) in [6.45, 7) is 0. The molecule has 3 heterocycles. The molecule has 0 radical (unpaired) electrons. The summed E-state index contributed by atoms with van der Waals surface area (Å²) in [7, 11) is 0. The van der Waals surface area contributed by atoms with E-state index in [1.807, 2.05) is 17.5 Å². The smallest absolute Gasteiger partial charge is 0.269 e. The van der Waals surface area contributed by atoms with Gasteiger partial charge in [0.1, 0.15) is 10.7 Å². The Hall–Kier alpha value is -1.32. The Kier molecular flexibility index (Phi) is 4.63. The Morgan fingerprint density at radius 3 is 2.84 bits per heavy atom. The minimum absolute atomic E-state index is 0.330. The quantitative estimate of drug-likeness (QED) is 0.352. The number of hydrogen-bond donors (Lipinski definition) is 1. The summed E-state index contributed by atoms with van der Waals surface area (Å²) < 4.78 is 15.0. The molecule has 0 aliphatic heterocycles. The van der Waals surface area contributed by atoms with Crippen LogP contribution in [0, 0.1) is 5.82 Å². The Morgan fingerprint density at radius 2 is 2.08 bits per heavy atom. The molecule has 0 spiro atoms. The van der Waals surface area contributed by atoms with Crippen molar-refractivity contribution in [3.63, 3.8) is 0 Å². The first-order valence-corrected chi connectivity index (χ1v) is 10.6. The van der Waals surface area contributed by atoms with Crippen molar-refractivity contribution in [1.29, 1.82) is 0 Å². The van der Waals surface area contributed by atoms with Crippen LogP contribution in [0.4, 0.5) is 9.52 Å². The highest BCUT2D eigenvalue weighted by atomic mass is 79.9. The van der Waals surface area contributed by atoms with Crippen LogP contribution in [-0.4, -0.2) is 10.9 Å². The number of aromatic nitrogens is 1. The molecule has 126 valence electrons. The average Bonchev–Trinajstić information content (AvgIpc) is 3.27. The fraction of sp³-hybridized carbons (Fsp3) is 0. The molecule has 1 amide bonds. The molecule has 0 bridgehead atoms. The van der Waals surface area contributed by atoms with Crippen LogP contribution in [0.3, 0.4) is 0 Å². The number of amides is 1. The average molecular weight is 474 g/mol. The van der Waals surface area contributed by atoms with Crippen molar-refractivity contribution in [1.82, 2.24) is 4.98 Å². The van der Waals surface area contributed by atoms with Gasteiger partial charge in [0.05, 0.1) is 19.4 Å². The molecule has 0 aliphatic rings. The van der Waals surface area contributed by atoms with E-state index in [1.54, 1.807) is 17.4 Å². The van der Waals surface area contributed by atoms with Crippen LogP contribution < -0.4 is 5.32 Å². The molecule has 0 saturated heterocycles. The Bertz CT molecular complexity index is 1100. The van der Waals surface area contributed by atoms with Gasteiger partial charge >= 0.3 is 0 Å². The van der Waals surface area contributed by atoms with Crippen LogP contribution in [0.25, 0.3) is 20.7 Å². The highest BCUT2D eigenvalue weighted by molar-refractivity contribution is 9.11. The fourth-order valence-electron chi connectivity index (χ4n) is 2.24. The zero-order valence-electron chi connectivity index (χ0n) is 12.2. The summed E-state index contributed by atoms with van der Waals surface area (Å²) in [4.78, 5) is 18.3. The van der Waals surface area contributed by atoms with E-state index in [4.69, 9.17) is 11.6 Å². The van der Waals surface area contributed by atoms with Gasteiger partial charge in [0.2, 0.25) is 0 Å². The number of nitrogens with one attached hydrogen (secondary N) is 1. The minimum atomic E-state index is -0.357. The summed E-state index contributed by atoms with van der Waals surface area (Å²) in [5, 5.41) is 6.14. The molecule has 4 aromatic rings. The number of rotatable bonds is 3. The largest absolute Gasteiger partial charge is 0.297 e. The van der Waals surface area contributed by atoms with Gasteiger partial charge in [-0.15, -0.1) is 34.0 Å². The molecule has 0 atom stereocenters. The summed E-state index contributed by atoms with van der Waals surface area (Å²) in [6, 6.07) is 8.20. The molecule has 4 rings (SSSR count). The molecule has 9 heteroatoms. The lowest BCUT2D eigenvalue weighted by molar-refractivity contribution is 0.103. The van der Waals surface area contributed by atoms with E-state index in [0.717, 1.165) is 25.7 Å². The van der Waals surface area contributed by atoms with Gasteiger partial charge in [-0.05, 0) is 46.3 Å². The molecular formula is C16H7BrClFN2OS3. The lowest BCUT2D eigenvalue weighted by Crippen LogP contribution is -2.10. The van der Waals surface area contributed by atoms with Crippen LogP contribution in [0.5, 0.6) is 0 Å². The monoisotopic (exact) mass is 472 g/mol. The zero-order valence-corrected chi connectivity index (χ0v) is 17.0. The van der Waals surface area contributed by atoms with Gasteiger partial charge in [-0.3, -0.25) is 10.1 Å². The predicted molar refractivity (Wildman–Crippen MR) is 108 cm³/mol. The summed E-state index contributed by atoms with van der Waals surface area (Å²) in [5.41, 5.74) is 0.806. The molecule has 0 unspecified atom stereocenters. The first-order valence-electron chi connectivity index (χ1n) is 6.91. The van der Waals surface area contributed by atoms with Crippen molar-refractivity contribution >= 4 is 82.7 Å². The first kappa shape index (κ1) is 17.1. The lowest BCUT2D eigenvalue weighted by Gasteiger charge is -1.99. The van der Waals surface area contributed by atoms with Gasteiger partial charge in [-0.25, -0.2) is 9.37 Å². The van der Waals surface area contributed by atoms with Gasteiger partial charge in [-0.1, -0.05) is 11.6 Å². The molecule has 0 saturated carbocycles. The van der Waals surface area contributed by atoms with E-state index in [1.165, 1.54) is 23.5 Å². The second kappa shape index (κ2) is 6.77. The summed E-state index contributed by atoms with van der Waals surface area (Å²) in [6.07, 6.45) is 0. The zero-order chi connectivity index (χ0) is 17.6. The van der Waals surface area contributed by atoms with E-state index in [9.17, 15) is 9.18 Å². The van der Waals surface area contributed by atoms with E-state index in [2.05, 4.69) is 26.2 Å². The van der Waals surface area contributed by atoms with Crippen LogP contribution in [0.15, 0.2) is 39.5 Å². The maximum Gasteiger partial charge on any atom is 0.269 e. The standard InChI is InChI=1S/C16H7BrClFN2OS3/c17-12-4-3-10(24-12)9-6-23-16(20-9)21-15(22)14-13(18)8-2-1-7(19)5-11(8)25-14/h1-6H,(H,20,21,22). The third-order valence-electron chi connectivity index (χ3n) is 3.35. The number of nitrogens with zero attached hydrogens (tertiary/aromatic N) is 1. The van der Waals surface area contributed by atoms with Crippen molar-refractivity contribution in [2.24, 2.45) is 0 Å². The van der Waals surface area contributed by atoms with Crippen LogP contribution >= 0.6 is 61.5 Å². The second-order valence-corrected chi connectivity index (χ2v) is 9.73. The maximum absolute atomic E-state index is 13.3. The van der Waals surface area contributed by atoms with Gasteiger partial charge in [0.15, 0.2) is 5.13 Å². The van der Waals surface area contributed by atoms with Crippen molar-refractivity contribution in [2.45, 2.75) is 0 Å². The Labute approximate surface area is 167 Å². The third kappa shape index (κ3) is 3.37. The fourth-order valence-corrected chi connectivity index (χ4v) is 5.80. The van der Waals surface area contributed by atoms with E-state index in [0.29, 0.717) is 25.1 Å². The number of carbonyl (C=O) groups is 1. The highest BCUT2D eigenvalue weighted by Crippen LogP contribution is 2.37. The van der Waals surface area contributed by atoms with Crippen LogP contribution in [0.1, 0.15) is 9.67 Å². The number of thiophene rings is 2. The van der Waals surface area contributed by atoms with Crippen LogP contribution in [0.2, 0.25) is 5.02 Å². The summed E-state index contributed by atoms with van der Waals surface area (Å²) in [5.74, 6) is -0.705. The van der Waals surface area contributed by atoms with Crippen LogP contribution in [-0.2, 0) is 0 Å². The van der Waals surface area contributed by atoms with E-state index in [-0.39, 0.29) is 11.7 Å². The van der Waals surface area contributed by atoms with Gasteiger partial charge in [-0.2, -0.15) is 0 Å². The Morgan fingerprint density at radius 1 is 1.24 bits per heavy atom. The molecule has 0 aliphatic carbocycles. The predicted octanol–water partition coefficient (Wildman–Crippen LogP) is 6.89.